The third kappa shape index (κ3) is 1.68. The van der Waals surface area contributed by atoms with Crippen LogP contribution in [0.25, 0.3) is 11.0 Å². The molecule has 2 rings (SSSR count). The Labute approximate surface area is 88.5 Å². The van der Waals surface area contributed by atoms with Crippen LogP contribution in [0.3, 0.4) is 0 Å². The normalized spacial score (nSPS) is 9.71. The zero-order chi connectivity index (χ0) is 10.7. The second-order valence-electron chi connectivity index (χ2n) is 2.64. The first-order valence-electron chi connectivity index (χ1n) is 4.56. The molecule has 0 saturated carbocycles. The van der Waals surface area contributed by atoms with Crippen molar-refractivity contribution in [1.29, 1.82) is 0 Å². The Morgan fingerprint density at radius 3 is 2.57 bits per heavy atom. The van der Waals surface area contributed by atoms with Crippen LogP contribution >= 0.6 is 11.6 Å². The molecule has 2 N–H and O–H groups in total. The van der Waals surface area contributed by atoms with Gasteiger partial charge in [-0.2, -0.15) is 0 Å². The van der Waals surface area contributed by atoms with Crippen molar-refractivity contribution >= 4 is 28.6 Å². The molecule has 0 saturated heterocycles. The maximum absolute atomic E-state index is 5.96. The highest BCUT2D eigenvalue weighted by Crippen LogP contribution is 2.23. The lowest BCUT2D eigenvalue weighted by atomic mass is 10.3. The van der Waals surface area contributed by atoms with Gasteiger partial charge in [0.1, 0.15) is 0 Å². The monoisotopic (exact) mass is 211 g/mol. The number of imidazole rings is 1. The summed E-state index contributed by atoms with van der Waals surface area (Å²) in [5, 5.41) is 0.680. The minimum Gasteiger partial charge on any atom is -0.369 e. The van der Waals surface area contributed by atoms with Gasteiger partial charge in [-0.15, -0.1) is 0 Å². The number of nitrogens with two attached hydrogens (primary N) is 1. The largest absolute Gasteiger partial charge is 0.369 e. The average Bonchev–Trinajstić information content (AvgIpc) is 2.47. The fourth-order valence-electron chi connectivity index (χ4n) is 1.24. The van der Waals surface area contributed by atoms with E-state index in [1.165, 1.54) is 0 Å². The van der Waals surface area contributed by atoms with Crippen molar-refractivity contribution in [3.05, 3.63) is 23.2 Å². The summed E-state index contributed by atoms with van der Waals surface area (Å²) in [6.07, 6.45) is 0. The van der Waals surface area contributed by atoms with E-state index < -0.39 is 0 Å². The van der Waals surface area contributed by atoms with E-state index in [2.05, 4.69) is 4.98 Å². The van der Waals surface area contributed by atoms with Crippen LogP contribution in [-0.2, 0) is 7.05 Å². The highest BCUT2D eigenvalue weighted by molar-refractivity contribution is 6.35. The van der Waals surface area contributed by atoms with Crippen LogP contribution in [0.4, 0.5) is 5.95 Å². The predicted molar refractivity (Wildman–Crippen MR) is 61.5 cm³/mol. The summed E-state index contributed by atoms with van der Waals surface area (Å²) in [5.74, 6) is 0.484. The van der Waals surface area contributed by atoms with Crippen LogP contribution in [0.5, 0.6) is 0 Å². The first-order valence-corrected chi connectivity index (χ1v) is 4.94. The number of hydrogen-bond acceptors (Lipinski definition) is 2. The van der Waals surface area contributed by atoms with Crippen molar-refractivity contribution in [1.82, 2.24) is 9.55 Å². The van der Waals surface area contributed by atoms with Gasteiger partial charge in [-0.1, -0.05) is 31.5 Å². The highest BCUT2D eigenvalue weighted by Gasteiger charge is 2.06. The summed E-state index contributed by atoms with van der Waals surface area (Å²) in [6, 6.07) is 5.57. The third-order valence-corrected chi connectivity index (χ3v) is 2.18. The molecule has 0 aliphatic heterocycles. The number of fused-ring (bicyclic) bond motifs is 1. The molecule has 0 unspecified atom stereocenters. The Morgan fingerprint density at radius 1 is 1.36 bits per heavy atom. The molecular formula is C10H14ClN3. The molecule has 76 valence electrons. The number of aromatic nitrogens is 2. The topological polar surface area (TPSA) is 43.8 Å². The zero-order valence-corrected chi connectivity index (χ0v) is 9.34. The molecule has 1 aromatic heterocycles. The van der Waals surface area contributed by atoms with Gasteiger partial charge < -0.3 is 10.3 Å². The number of hydrogen-bond donors (Lipinski definition) is 1. The summed E-state index contributed by atoms with van der Waals surface area (Å²) in [6.45, 7) is 4.00. The number of anilines is 1. The first kappa shape index (κ1) is 10.9. The quantitative estimate of drug-likeness (QED) is 0.728. The van der Waals surface area contributed by atoms with Crippen LogP contribution in [0.15, 0.2) is 18.2 Å². The lowest BCUT2D eigenvalue weighted by Crippen LogP contribution is -1.96. The number of aryl methyl sites for hydroxylation is 1. The van der Waals surface area contributed by atoms with E-state index in [1.54, 1.807) is 4.57 Å². The summed E-state index contributed by atoms with van der Waals surface area (Å²) in [7, 11) is 1.84. The third-order valence-electron chi connectivity index (χ3n) is 1.88. The molecule has 0 aliphatic rings. The van der Waals surface area contributed by atoms with Crippen molar-refractivity contribution < 1.29 is 0 Å². The van der Waals surface area contributed by atoms with E-state index in [0.29, 0.717) is 11.0 Å². The Morgan fingerprint density at radius 2 is 2.00 bits per heavy atom. The second kappa shape index (κ2) is 4.33. The van der Waals surface area contributed by atoms with Gasteiger partial charge in [-0.05, 0) is 12.1 Å². The molecule has 0 spiro atoms. The molecule has 0 bridgehead atoms. The maximum Gasteiger partial charge on any atom is 0.200 e. The summed E-state index contributed by atoms with van der Waals surface area (Å²) < 4.78 is 1.78. The molecular weight excluding hydrogens is 198 g/mol. The smallest absolute Gasteiger partial charge is 0.200 e. The van der Waals surface area contributed by atoms with Gasteiger partial charge in [-0.3, -0.25) is 0 Å². The van der Waals surface area contributed by atoms with E-state index >= 15 is 0 Å². The summed E-state index contributed by atoms with van der Waals surface area (Å²) in [5.41, 5.74) is 7.34. The van der Waals surface area contributed by atoms with Crippen LogP contribution < -0.4 is 5.73 Å². The molecule has 1 aromatic carbocycles. The molecule has 4 heteroatoms. The molecule has 3 nitrogen and oxygen atoms in total. The van der Waals surface area contributed by atoms with Crippen molar-refractivity contribution in [3.63, 3.8) is 0 Å². The van der Waals surface area contributed by atoms with Gasteiger partial charge >= 0.3 is 0 Å². The molecule has 0 amide bonds. The number of halogens is 1. The van der Waals surface area contributed by atoms with Gasteiger partial charge in [0, 0.05) is 7.05 Å². The number of benzene rings is 1. The van der Waals surface area contributed by atoms with Crippen molar-refractivity contribution in [2.45, 2.75) is 13.8 Å². The molecule has 0 fully saturated rings. The molecule has 1 heterocycles. The molecule has 2 aromatic rings. The van der Waals surface area contributed by atoms with Crippen molar-refractivity contribution in [2.24, 2.45) is 7.05 Å². The van der Waals surface area contributed by atoms with E-state index in [0.717, 1.165) is 11.0 Å². The summed E-state index contributed by atoms with van der Waals surface area (Å²) >= 11 is 5.96. The Bertz CT molecular complexity index is 434. The van der Waals surface area contributed by atoms with Gasteiger partial charge in [0.25, 0.3) is 0 Å². The predicted octanol–water partition coefficient (Wildman–Crippen LogP) is 2.84. The van der Waals surface area contributed by atoms with Gasteiger partial charge in [0.2, 0.25) is 5.95 Å². The molecule has 0 aliphatic carbocycles. The van der Waals surface area contributed by atoms with Gasteiger partial charge in [0.05, 0.1) is 16.1 Å². The SMILES string of the molecule is CC.Cn1c(N)nc2cccc(Cl)c21. The number of rotatable bonds is 0. The lowest BCUT2D eigenvalue weighted by Gasteiger charge is -1.97. The number of para-hydroxylation sites is 1. The van der Waals surface area contributed by atoms with E-state index in [1.807, 2.05) is 39.1 Å². The molecule has 0 radical (unpaired) electrons. The average molecular weight is 212 g/mol. The second-order valence-corrected chi connectivity index (χ2v) is 3.04. The fraction of sp³-hybridized carbons (Fsp3) is 0.300. The standard InChI is InChI=1S/C8H8ClN3.C2H6/c1-12-7-5(9)3-2-4-6(7)11-8(12)10;1-2/h2-4H,1H3,(H2,10,11);1-2H3. The number of nitrogen functional groups attached to an aromatic ring is 1. The van der Waals surface area contributed by atoms with E-state index in [4.69, 9.17) is 17.3 Å². The number of nitrogens with zero attached hydrogens (tertiary/aromatic N) is 2. The molecule has 14 heavy (non-hydrogen) atoms. The minimum absolute atomic E-state index is 0.484. The van der Waals surface area contributed by atoms with Crippen LogP contribution in [0.1, 0.15) is 13.8 Å². The highest BCUT2D eigenvalue weighted by atomic mass is 35.5. The first-order chi connectivity index (χ1) is 6.70. The van der Waals surface area contributed by atoms with Gasteiger partial charge in [-0.25, -0.2) is 4.98 Å². The Hall–Kier alpha value is -1.22. The van der Waals surface area contributed by atoms with Crippen LogP contribution in [0, 0.1) is 0 Å². The van der Waals surface area contributed by atoms with Crippen molar-refractivity contribution in [3.8, 4) is 0 Å². The Balaban J connectivity index is 0.000000461. The fourth-order valence-corrected chi connectivity index (χ4v) is 1.54. The maximum atomic E-state index is 5.96. The minimum atomic E-state index is 0.484. The van der Waals surface area contributed by atoms with Crippen LogP contribution in [0.2, 0.25) is 5.02 Å². The van der Waals surface area contributed by atoms with E-state index in [-0.39, 0.29) is 0 Å². The van der Waals surface area contributed by atoms with E-state index in [9.17, 15) is 0 Å². The summed E-state index contributed by atoms with van der Waals surface area (Å²) in [4.78, 5) is 4.13. The zero-order valence-electron chi connectivity index (χ0n) is 8.58. The lowest BCUT2D eigenvalue weighted by molar-refractivity contribution is 0.965. The van der Waals surface area contributed by atoms with Gasteiger partial charge in [0.15, 0.2) is 0 Å². The Kier molecular flexibility index (Phi) is 3.36. The van der Waals surface area contributed by atoms with Crippen molar-refractivity contribution in [2.75, 3.05) is 5.73 Å². The van der Waals surface area contributed by atoms with Crippen LogP contribution in [-0.4, -0.2) is 9.55 Å². The molecule has 0 atom stereocenters.